The van der Waals surface area contributed by atoms with Crippen LogP contribution in [0.5, 0.6) is 0 Å². The van der Waals surface area contributed by atoms with Crippen LogP contribution < -0.4 is 22.3 Å². The third-order valence-corrected chi connectivity index (χ3v) is 3.67. The van der Waals surface area contributed by atoms with Crippen LogP contribution in [0.25, 0.3) is 0 Å². The van der Waals surface area contributed by atoms with Crippen molar-refractivity contribution in [2.75, 3.05) is 17.6 Å². The Labute approximate surface area is 116 Å². The maximum absolute atomic E-state index is 11.8. The van der Waals surface area contributed by atoms with E-state index in [2.05, 4.69) is 10.3 Å². The van der Waals surface area contributed by atoms with Gasteiger partial charge < -0.3 is 16.2 Å². The van der Waals surface area contributed by atoms with Gasteiger partial charge in [-0.15, -0.1) is 0 Å². The van der Waals surface area contributed by atoms with E-state index in [4.69, 9.17) is 5.73 Å². The van der Waals surface area contributed by atoms with Gasteiger partial charge in [0.25, 0.3) is 5.56 Å². The Balaban J connectivity index is 2.27. The van der Waals surface area contributed by atoms with Gasteiger partial charge in [0.2, 0.25) is 0 Å². The molecule has 0 aliphatic heterocycles. The number of nitrogen functional groups attached to an aromatic ring is 1. The number of nitrogens with one attached hydrogen (secondary N) is 2. The van der Waals surface area contributed by atoms with E-state index in [9.17, 15) is 14.7 Å². The molecule has 1 heterocycles. The third kappa shape index (κ3) is 2.87. The Kier molecular flexibility index (Phi) is 3.89. The Morgan fingerprint density at radius 3 is 2.60 bits per heavy atom. The number of anilines is 2. The number of nitrogens with zero attached hydrogens (tertiary/aromatic N) is 1. The lowest BCUT2D eigenvalue weighted by Gasteiger charge is -2.36. The molecule has 1 fully saturated rings. The Morgan fingerprint density at radius 1 is 1.45 bits per heavy atom. The van der Waals surface area contributed by atoms with Gasteiger partial charge in [-0.3, -0.25) is 14.3 Å². The second-order valence-electron chi connectivity index (χ2n) is 5.96. The summed E-state index contributed by atoms with van der Waals surface area (Å²) < 4.78 is 1.35. The monoisotopic (exact) mass is 282 g/mol. The summed E-state index contributed by atoms with van der Waals surface area (Å²) in [6, 6.07) is 0. The quantitative estimate of drug-likeness (QED) is 0.612. The first-order valence-corrected chi connectivity index (χ1v) is 6.91. The molecular weight excluding hydrogens is 260 g/mol. The summed E-state index contributed by atoms with van der Waals surface area (Å²) in [5.74, 6) is 0.347. The largest absolute Gasteiger partial charge is 0.388 e. The predicted molar refractivity (Wildman–Crippen MR) is 77.9 cm³/mol. The van der Waals surface area contributed by atoms with Crippen molar-refractivity contribution < 1.29 is 5.11 Å². The van der Waals surface area contributed by atoms with Crippen molar-refractivity contribution >= 4 is 11.5 Å². The zero-order chi connectivity index (χ0) is 14.9. The normalized spacial score (nSPS) is 17.0. The molecule has 7 nitrogen and oxygen atoms in total. The second kappa shape index (κ2) is 5.32. The maximum Gasteiger partial charge on any atom is 0.330 e. The molecule has 20 heavy (non-hydrogen) atoms. The molecule has 1 aliphatic rings. The number of hydrogen-bond acceptors (Lipinski definition) is 5. The van der Waals surface area contributed by atoms with Crippen molar-refractivity contribution in [3.05, 3.63) is 20.8 Å². The van der Waals surface area contributed by atoms with Crippen LogP contribution in [-0.4, -0.2) is 26.8 Å². The number of H-pyrrole nitrogens is 1. The number of rotatable bonds is 5. The van der Waals surface area contributed by atoms with E-state index < -0.39 is 16.9 Å². The van der Waals surface area contributed by atoms with Crippen LogP contribution in [0.3, 0.4) is 0 Å². The lowest BCUT2D eigenvalue weighted by molar-refractivity contribution is -0.0202. The molecule has 1 aromatic rings. The molecule has 0 bridgehead atoms. The molecule has 112 valence electrons. The number of aliphatic hydroxyl groups is 1. The minimum atomic E-state index is -0.766. The zero-order valence-electron chi connectivity index (χ0n) is 11.9. The van der Waals surface area contributed by atoms with Crippen LogP contribution in [0.4, 0.5) is 11.5 Å². The molecule has 1 aliphatic carbocycles. The minimum Gasteiger partial charge on any atom is -0.388 e. The number of nitrogens with two attached hydrogens (primary N) is 1. The number of aromatic nitrogens is 2. The molecule has 7 heteroatoms. The van der Waals surface area contributed by atoms with E-state index >= 15 is 0 Å². The molecule has 2 rings (SSSR count). The maximum atomic E-state index is 11.8. The third-order valence-electron chi connectivity index (χ3n) is 3.67. The summed E-state index contributed by atoms with van der Waals surface area (Å²) in [5.41, 5.74) is 4.26. The first kappa shape index (κ1) is 14.6. The van der Waals surface area contributed by atoms with Gasteiger partial charge in [0.1, 0.15) is 11.5 Å². The molecule has 0 amide bonds. The second-order valence-corrected chi connectivity index (χ2v) is 5.96. The van der Waals surface area contributed by atoms with Gasteiger partial charge in [0, 0.05) is 13.1 Å². The van der Waals surface area contributed by atoms with Crippen molar-refractivity contribution in [2.45, 2.75) is 45.3 Å². The van der Waals surface area contributed by atoms with E-state index in [1.165, 1.54) is 4.57 Å². The van der Waals surface area contributed by atoms with Gasteiger partial charge in [-0.25, -0.2) is 4.79 Å². The molecular formula is C13H22N4O3. The van der Waals surface area contributed by atoms with Gasteiger partial charge in [-0.2, -0.15) is 0 Å². The van der Waals surface area contributed by atoms with Crippen LogP contribution in [-0.2, 0) is 6.54 Å². The van der Waals surface area contributed by atoms with Gasteiger partial charge in [0.05, 0.1) is 5.60 Å². The zero-order valence-corrected chi connectivity index (χ0v) is 11.9. The van der Waals surface area contributed by atoms with Crippen molar-refractivity contribution in [2.24, 2.45) is 5.92 Å². The van der Waals surface area contributed by atoms with Crippen LogP contribution >= 0.6 is 0 Å². The molecule has 1 aromatic heterocycles. The van der Waals surface area contributed by atoms with Crippen LogP contribution in [0, 0.1) is 5.92 Å². The first-order valence-electron chi connectivity index (χ1n) is 6.91. The standard InChI is InChI=1S/C13H22N4O3/c1-8(2)6-17-10(14)9(11(18)16-12(17)19)15-7-13(20)4-3-5-13/h8,15,20H,3-7,14H2,1-2H3,(H,16,18,19). The van der Waals surface area contributed by atoms with E-state index in [0.717, 1.165) is 6.42 Å². The van der Waals surface area contributed by atoms with Gasteiger partial charge in [-0.05, 0) is 25.2 Å². The molecule has 1 saturated carbocycles. The SMILES string of the molecule is CC(C)Cn1c(N)c(NCC2(O)CCC2)c(=O)[nH]c1=O. The average molecular weight is 282 g/mol. The summed E-state index contributed by atoms with van der Waals surface area (Å²) in [4.78, 5) is 25.8. The lowest BCUT2D eigenvalue weighted by Crippen LogP contribution is -2.45. The van der Waals surface area contributed by atoms with E-state index in [1.54, 1.807) is 0 Å². The van der Waals surface area contributed by atoms with E-state index in [1.807, 2.05) is 13.8 Å². The number of hydrogen-bond donors (Lipinski definition) is 4. The molecule has 5 N–H and O–H groups in total. The molecule has 0 saturated heterocycles. The lowest BCUT2D eigenvalue weighted by atomic mass is 9.80. The molecule has 0 spiro atoms. The van der Waals surface area contributed by atoms with E-state index in [-0.39, 0.29) is 24.0 Å². The topological polar surface area (TPSA) is 113 Å². The highest BCUT2D eigenvalue weighted by Gasteiger charge is 2.34. The first-order chi connectivity index (χ1) is 9.32. The highest BCUT2D eigenvalue weighted by Crippen LogP contribution is 2.31. The van der Waals surface area contributed by atoms with Gasteiger partial charge >= 0.3 is 5.69 Å². The van der Waals surface area contributed by atoms with Gasteiger partial charge in [-0.1, -0.05) is 13.8 Å². The summed E-state index contributed by atoms with van der Waals surface area (Å²) in [5, 5.41) is 12.9. The predicted octanol–water partition coefficient (Wildman–Crippen LogP) is 0.102. The Hall–Kier alpha value is -1.76. The molecule has 0 aromatic carbocycles. The smallest absolute Gasteiger partial charge is 0.330 e. The summed E-state index contributed by atoms with van der Waals surface area (Å²) in [6.45, 7) is 4.61. The summed E-state index contributed by atoms with van der Waals surface area (Å²) in [7, 11) is 0. The van der Waals surface area contributed by atoms with Crippen LogP contribution in [0.1, 0.15) is 33.1 Å². The highest BCUT2D eigenvalue weighted by molar-refractivity contribution is 5.60. The van der Waals surface area contributed by atoms with Crippen molar-refractivity contribution in [1.82, 2.24) is 9.55 Å². The highest BCUT2D eigenvalue weighted by atomic mass is 16.3. The van der Waals surface area contributed by atoms with Gasteiger partial charge in [0.15, 0.2) is 0 Å². The summed E-state index contributed by atoms with van der Waals surface area (Å²) >= 11 is 0. The Bertz CT molecular complexity index is 599. The number of aromatic amines is 1. The molecule has 0 atom stereocenters. The van der Waals surface area contributed by atoms with Crippen LogP contribution in [0.15, 0.2) is 9.59 Å². The summed E-state index contributed by atoms with van der Waals surface area (Å²) in [6.07, 6.45) is 2.41. The fourth-order valence-corrected chi connectivity index (χ4v) is 2.32. The fourth-order valence-electron chi connectivity index (χ4n) is 2.32. The average Bonchev–Trinajstić information content (AvgIpc) is 2.31. The Morgan fingerprint density at radius 2 is 2.10 bits per heavy atom. The van der Waals surface area contributed by atoms with Crippen molar-refractivity contribution in [1.29, 1.82) is 0 Å². The molecule has 0 radical (unpaired) electrons. The van der Waals surface area contributed by atoms with Crippen molar-refractivity contribution in [3.63, 3.8) is 0 Å². The molecule has 0 unspecified atom stereocenters. The van der Waals surface area contributed by atoms with Crippen LogP contribution in [0.2, 0.25) is 0 Å². The fraction of sp³-hybridized carbons (Fsp3) is 0.692. The van der Waals surface area contributed by atoms with E-state index in [0.29, 0.717) is 19.4 Å². The minimum absolute atomic E-state index is 0.121. The van der Waals surface area contributed by atoms with Crippen molar-refractivity contribution in [3.8, 4) is 0 Å².